The molecule has 0 radical (unpaired) electrons. The van der Waals surface area contributed by atoms with Gasteiger partial charge < -0.3 is 10.1 Å². The molecular weight excluding hydrogens is 269 g/mol. The first kappa shape index (κ1) is 13.4. The molecule has 0 saturated heterocycles. The summed E-state index contributed by atoms with van der Waals surface area (Å²) in [5.41, 5.74) is 0.402. The molecule has 0 unspecified atom stereocenters. The van der Waals surface area contributed by atoms with Gasteiger partial charge in [0.15, 0.2) is 0 Å². The van der Waals surface area contributed by atoms with Crippen molar-refractivity contribution < 1.29 is 13.9 Å². The summed E-state index contributed by atoms with van der Waals surface area (Å²) in [6, 6.07) is 10.8. The molecular formula is C14H11ClFNO2. The van der Waals surface area contributed by atoms with E-state index in [4.69, 9.17) is 16.3 Å². The fourth-order valence-electron chi connectivity index (χ4n) is 1.61. The van der Waals surface area contributed by atoms with Crippen LogP contribution in [0.25, 0.3) is 0 Å². The van der Waals surface area contributed by atoms with Crippen LogP contribution in [-0.4, -0.2) is 13.0 Å². The number of hydrogen-bond donors (Lipinski definition) is 1. The molecule has 0 fully saturated rings. The van der Waals surface area contributed by atoms with Crippen molar-refractivity contribution in [2.75, 3.05) is 12.4 Å². The number of anilines is 1. The average molecular weight is 280 g/mol. The Morgan fingerprint density at radius 2 is 2.00 bits per heavy atom. The van der Waals surface area contributed by atoms with Crippen LogP contribution in [0.2, 0.25) is 5.02 Å². The van der Waals surface area contributed by atoms with Gasteiger partial charge in [-0.25, -0.2) is 4.39 Å². The molecule has 98 valence electrons. The standard InChI is InChI=1S/C14H11ClFNO2/c1-19-13-5-3-2-4-12(13)17-14(18)10-7-6-9(15)8-11(10)16/h2-8H,1H3,(H,17,18). The lowest BCUT2D eigenvalue weighted by atomic mass is 10.2. The van der Waals surface area contributed by atoms with Gasteiger partial charge in [-0.3, -0.25) is 4.79 Å². The lowest BCUT2D eigenvalue weighted by Crippen LogP contribution is -2.14. The molecule has 0 aliphatic heterocycles. The van der Waals surface area contributed by atoms with Crippen LogP contribution in [-0.2, 0) is 0 Å². The highest BCUT2D eigenvalue weighted by Crippen LogP contribution is 2.24. The molecule has 0 bridgehead atoms. The number of ether oxygens (including phenoxy) is 1. The van der Waals surface area contributed by atoms with Crippen molar-refractivity contribution in [3.8, 4) is 5.75 Å². The fourth-order valence-corrected chi connectivity index (χ4v) is 1.77. The number of amides is 1. The number of benzene rings is 2. The Morgan fingerprint density at radius 3 is 2.68 bits per heavy atom. The molecule has 2 aromatic rings. The van der Waals surface area contributed by atoms with E-state index < -0.39 is 11.7 Å². The number of hydrogen-bond acceptors (Lipinski definition) is 2. The van der Waals surface area contributed by atoms with E-state index in [1.807, 2.05) is 0 Å². The maximum Gasteiger partial charge on any atom is 0.258 e. The molecule has 0 saturated carbocycles. The first-order valence-electron chi connectivity index (χ1n) is 5.51. The quantitative estimate of drug-likeness (QED) is 0.929. The third-order valence-corrected chi connectivity index (χ3v) is 2.77. The third-order valence-electron chi connectivity index (χ3n) is 2.53. The molecule has 0 spiro atoms. The zero-order valence-corrected chi connectivity index (χ0v) is 10.9. The molecule has 0 heterocycles. The summed E-state index contributed by atoms with van der Waals surface area (Å²) in [5, 5.41) is 2.83. The number of carbonyl (C=O) groups is 1. The molecule has 0 atom stereocenters. The predicted octanol–water partition coefficient (Wildman–Crippen LogP) is 3.74. The smallest absolute Gasteiger partial charge is 0.258 e. The summed E-state index contributed by atoms with van der Waals surface area (Å²) in [5.74, 6) is -0.719. The minimum atomic E-state index is -0.667. The lowest BCUT2D eigenvalue weighted by Gasteiger charge is -2.10. The van der Waals surface area contributed by atoms with Crippen LogP contribution >= 0.6 is 11.6 Å². The molecule has 1 amide bonds. The van der Waals surface area contributed by atoms with Crippen LogP contribution in [0, 0.1) is 5.82 Å². The van der Waals surface area contributed by atoms with Crippen molar-refractivity contribution in [3.05, 3.63) is 58.9 Å². The fraction of sp³-hybridized carbons (Fsp3) is 0.0714. The van der Waals surface area contributed by atoms with Crippen LogP contribution in [0.15, 0.2) is 42.5 Å². The van der Waals surface area contributed by atoms with Gasteiger partial charge in [-0.1, -0.05) is 23.7 Å². The predicted molar refractivity (Wildman–Crippen MR) is 72.4 cm³/mol. The van der Waals surface area contributed by atoms with E-state index in [2.05, 4.69) is 5.32 Å². The highest BCUT2D eigenvalue weighted by atomic mass is 35.5. The summed E-state index contributed by atoms with van der Waals surface area (Å²) in [6.07, 6.45) is 0. The highest BCUT2D eigenvalue weighted by molar-refractivity contribution is 6.30. The zero-order valence-electron chi connectivity index (χ0n) is 10.1. The molecule has 19 heavy (non-hydrogen) atoms. The van der Waals surface area contributed by atoms with Gasteiger partial charge in [-0.15, -0.1) is 0 Å². The summed E-state index contributed by atoms with van der Waals surface area (Å²) >= 11 is 5.64. The highest BCUT2D eigenvalue weighted by Gasteiger charge is 2.13. The second kappa shape index (κ2) is 5.71. The van der Waals surface area contributed by atoms with Crippen LogP contribution in [0.3, 0.4) is 0 Å². The van der Waals surface area contributed by atoms with Gasteiger partial charge in [0.25, 0.3) is 5.91 Å². The van der Waals surface area contributed by atoms with Crippen LogP contribution in [0.4, 0.5) is 10.1 Å². The van der Waals surface area contributed by atoms with E-state index in [9.17, 15) is 9.18 Å². The topological polar surface area (TPSA) is 38.3 Å². The van der Waals surface area contributed by atoms with E-state index in [1.165, 1.54) is 19.2 Å². The molecule has 0 aliphatic rings. The summed E-state index contributed by atoms with van der Waals surface area (Å²) in [6.45, 7) is 0. The number of halogens is 2. The van der Waals surface area contributed by atoms with Crippen molar-refractivity contribution in [2.24, 2.45) is 0 Å². The Hall–Kier alpha value is -2.07. The molecule has 2 rings (SSSR count). The maximum absolute atomic E-state index is 13.6. The van der Waals surface area contributed by atoms with Crippen molar-refractivity contribution in [1.82, 2.24) is 0 Å². The maximum atomic E-state index is 13.6. The second-order valence-electron chi connectivity index (χ2n) is 3.78. The molecule has 0 aliphatic carbocycles. The van der Waals surface area contributed by atoms with Crippen molar-refractivity contribution >= 4 is 23.2 Å². The zero-order chi connectivity index (χ0) is 13.8. The van der Waals surface area contributed by atoms with Gasteiger partial charge in [-0.05, 0) is 30.3 Å². The van der Waals surface area contributed by atoms with Crippen LogP contribution < -0.4 is 10.1 Å². The Bertz CT molecular complexity index is 616. The first-order valence-corrected chi connectivity index (χ1v) is 5.89. The largest absolute Gasteiger partial charge is 0.495 e. The molecule has 3 nitrogen and oxygen atoms in total. The summed E-state index contributed by atoms with van der Waals surface area (Å²) in [7, 11) is 1.49. The monoisotopic (exact) mass is 279 g/mol. The second-order valence-corrected chi connectivity index (χ2v) is 4.22. The van der Waals surface area contributed by atoms with Gasteiger partial charge in [0.2, 0.25) is 0 Å². The average Bonchev–Trinajstić information content (AvgIpc) is 2.39. The summed E-state index contributed by atoms with van der Waals surface area (Å²) in [4.78, 5) is 12.0. The van der Waals surface area contributed by atoms with Crippen LogP contribution in [0.5, 0.6) is 5.75 Å². The number of carbonyl (C=O) groups excluding carboxylic acids is 1. The van der Waals surface area contributed by atoms with E-state index in [-0.39, 0.29) is 10.6 Å². The Balaban J connectivity index is 2.26. The normalized spacial score (nSPS) is 10.1. The van der Waals surface area contributed by atoms with E-state index >= 15 is 0 Å². The number of para-hydroxylation sites is 2. The lowest BCUT2D eigenvalue weighted by molar-refractivity contribution is 0.102. The van der Waals surface area contributed by atoms with Gasteiger partial charge in [-0.2, -0.15) is 0 Å². The minimum absolute atomic E-state index is 0.0738. The molecule has 0 aromatic heterocycles. The Labute approximate surface area is 115 Å². The van der Waals surface area contributed by atoms with Gasteiger partial charge in [0.1, 0.15) is 11.6 Å². The van der Waals surface area contributed by atoms with Crippen molar-refractivity contribution in [3.63, 3.8) is 0 Å². The first-order chi connectivity index (χ1) is 9.11. The number of rotatable bonds is 3. The molecule has 5 heteroatoms. The Kier molecular flexibility index (Phi) is 4.02. The van der Waals surface area contributed by atoms with Gasteiger partial charge >= 0.3 is 0 Å². The Morgan fingerprint density at radius 1 is 1.26 bits per heavy atom. The number of methoxy groups -OCH3 is 1. The minimum Gasteiger partial charge on any atom is -0.495 e. The molecule has 1 N–H and O–H groups in total. The van der Waals surface area contributed by atoms with Crippen LogP contribution in [0.1, 0.15) is 10.4 Å². The number of nitrogens with one attached hydrogen (secondary N) is 1. The van der Waals surface area contributed by atoms with Gasteiger partial charge in [0, 0.05) is 5.02 Å². The van der Waals surface area contributed by atoms with E-state index in [0.29, 0.717) is 11.4 Å². The van der Waals surface area contributed by atoms with Crippen molar-refractivity contribution in [1.29, 1.82) is 0 Å². The third kappa shape index (κ3) is 3.03. The van der Waals surface area contributed by atoms with E-state index in [1.54, 1.807) is 24.3 Å². The van der Waals surface area contributed by atoms with E-state index in [0.717, 1.165) is 6.07 Å². The summed E-state index contributed by atoms with van der Waals surface area (Å²) < 4.78 is 18.7. The van der Waals surface area contributed by atoms with Crippen molar-refractivity contribution in [2.45, 2.75) is 0 Å². The SMILES string of the molecule is COc1ccccc1NC(=O)c1ccc(Cl)cc1F. The van der Waals surface area contributed by atoms with Gasteiger partial charge in [0.05, 0.1) is 18.4 Å². The molecule has 2 aromatic carbocycles.